The normalized spacial score (nSPS) is 21.4. The van der Waals surface area contributed by atoms with Gasteiger partial charge < -0.3 is 0 Å². The van der Waals surface area contributed by atoms with Crippen molar-refractivity contribution in [2.75, 3.05) is 19.3 Å². The van der Waals surface area contributed by atoms with E-state index in [1.807, 2.05) is 20.8 Å². The number of nitrogens with one attached hydrogen (secondary N) is 1. The van der Waals surface area contributed by atoms with E-state index in [2.05, 4.69) is 18.1 Å². The number of sulfonamides is 2. The minimum atomic E-state index is -3.99. The SMILES string of the molecule is Cc1ccc(S(=O)(=O)N(CC(C)C)NC(=O)[C@@H]2C[C@@H](S)CN2S(C)(=O)=O)cc1. The third-order valence-electron chi connectivity index (χ3n) is 4.34. The molecule has 1 aliphatic heterocycles. The number of aryl methyl sites for hydroxylation is 1. The number of rotatable bonds is 7. The molecule has 1 aromatic rings. The van der Waals surface area contributed by atoms with Crippen LogP contribution >= 0.6 is 12.6 Å². The Bertz CT molecular complexity index is 914. The van der Waals surface area contributed by atoms with Gasteiger partial charge in [0.05, 0.1) is 11.2 Å². The van der Waals surface area contributed by atoms with Crippen molar-refractivity contribution in [3.05, 3.63) is 29.8 Å². The molecule has 0 radical (unpaired) electrons. The van der Waals surface area contributed by atoms with Gasteiger partial charge in [0.25, 0.3) is 15.9 Å². The second kappa shape index (κ2) is 8.70. The maximum absolute atomic E-state index is 13.0. The maximum atomic E-state index is 13.0. The molecule has 11 heteroatoms. The second-order valence-corrected chi connectivity index (χ2v) is 12.0. The molecule has 2 atom stereocenters. The molecule has 0 aliphatic carbocycles. The number of hydrazine groups is 1. The van der Waals surface area contributed by atoms with Crippen LogP contribution in [0.4, 0.5) is 0 Å². The molecule has 0 spiro atoms. The molecule has 2 rings (SSSR count). The Labute approximate surface area is 172 Å². The minimum Gasteiger partial charge on any atom is -0.274 e. The van der Waals surface area contributed by atoms with Gasteiger partial charge in [-0.1, -0.05) is 31.5 Å². The predicted octanol–water partition coefficient (Wildman–Crippen LogP) is 1.01. The van der Waals surface area contributed by atoms with Crippen molar-refractivity contribution in [1.82, 2.24) is 14.1 Å². The number of thiol groups is 1. The Kier molecular flexibility index (Phi) is 7.19. The van der Waals surface area contributed by atoms with Crippen molar-refractivity contribution in [1.29, 1.82) is 0 Å². The Morgan fingerprint density at radius 2 is 1.82 bits per heavy atom. The summed E-state index contributed by atoms with van der Waals surface area (Å²) in [6.07, 6.45) is 1.23. The standard InChI is InChI=1S/C17H27N3O5S3/c1-12(2)10-20(28(24,25)15-7-5-13(3)6-8-15)18-17(21)16-9-14(26)11-19(16)27(4,22)23/h5-8,12,14,16,26H,9-11H2,1-4H3,(H,18,21)/t14-,16+/m1/s1. The number of benzene rings is 1. The van der Waals surface area contributed by atoms with E-state index < -0.39 is 32.0 Å². The molecule has 158 valence electrons. The minimum absolute atomic E-state index is 0.0533. The number of nitrogens with zero attached hydrogens (tertiary/aromatic N) is 2. The Morgan fingerprint density at radius 3 is 2.32 bits per heavy atom. The number of carbonyl (C=O) groups excluding carboxylic acids is 1. The van der Waals surface area contributed by atoms with Crippen molar-refractivity contribution in [3.63, 3.8) is 0 Å². The third-order valence-corrected chi connectivity index (χ3v) is 7.66. The third kappa shape index (κ3) is 5.47. The molecular weight excluding hydrogens is 422 g/mol. The van der Waals surface area contributed by atoms with Crippen molar-refractivity contribution >= 4 is 38.6 Å². The number of hydrogen-bond acceptors (Lipinski definition) is 6. The Balaban J connectivity index is 2.31. The Hall–Kier alpha value is -1.14. The van der Waals surface area contributed by atoms with E-state index in [1.165, 1.54) is 12.1 Å². The van der Waals surface area contributed by atoms with E-state index in [4.69, 9.17) is 0 Å². The van der Waals surface area contributed by atoms with Crippen LogP contribution in [0.25, 0.3) is 0 Å². The van der Waals surface area contributed by atoms with E-state index in [0.29, 0.717) is 0 Å². The van der Waals surface area contributed by atoms with Gasteiger partial charge in [0.1, 0.15) is 6.04 Å². The molecule has 1 heterocycles. The van der Waals surface area contributed by atoms with Gasteiger partial charge in [0.15, 0.2) is 0 Å². The first-order valence-electron chi connectivity index (χ1n) is 8.87. The molecule has 0 saturated carbocycles. The lowest BCUT2D eigenvalue weighted by Gasteiger charge is -2.28. The highest BCUT2D eigenvalue weighted by Crippen LogP contribution is 2.25. The first-order chi connectivity index (χ1) is 12.8. The summed E-state index contributed by atoms with van der Waals surface area (Å²) in [6.45, 7) is 5.66. The average molecular weight is 450 g/mol. The summed E-state index contributed by atoms with van der Waals surface area (Å²) in [4.78, 5) is 12.9. The smallest absolute Gasteiger partial charge is 0.259 e. The molecule has 1 N–H and O–H groups in total. The van der Waals surface area contributed by atoms with Gasteiger partial charge in [-0.15, -0.1) is 4.41 Å². The topological polar surface area (TPSA) is 104 Å². The quantitative estimate of drug-likeness (QED) is 0.478. The number of hydrogen-bond donors (Lipinski definition) is 2. The van der Waals surface area contributed by atoms with Gasteiger partial charge in [-0.2, -0.15) is 16.9 Å². The molecule has 0 unspecified atom stereocenters. The largest absolute Gasteiger partial charge is 0.274 e. The summed E-state index contributed by atoms with van der Waals surface area (Å²) in [6, 6.07) is 5.31. The zero-order chi connectivity index (χ0) is 21.3. The van der Waals surface area contributed by atoms with Gasteiger partial charge in [-0.3, -0.25) is 10.2 Å². The van der Waals surface area contributed by atoms with Crippen LogP contribution in [0.3, 0.4) is 0 Å². The molecule has 8 nitrogen and oxygen atoms in total. The number of amides is 1. The molecule has 28 heavy (non-hydrogen) atoms. The van der Waals surface area contributed by atoms with Gasteiger partial charge in [-0.05, 0) is 31.4 Å². The molecule has 1 aliphatic rings. The van der Waals surface area contributed by atoms with Gasteiger partial charge in [-0.25, -0.2) is 16.8 Å². The molecule has 0 aromatic heterocycles. The summed E-state index contributed by atoms with van der Waals surface area (Å²) < 4.78 is 52.0. The summed E-state index contributed by atoms with van der Waals surface area (Å²) in [7, 11) is -7.61. The second-order valence-electron chi connectivity index (χ2n) is 7.46. The van der Waals surface area contributed by atoms with E-state index >= 15 is 0 Å². The van der Waals surface area contributed by atoms with Crippen LogP contribution in [0.15, 0.2) is 29.2 Å². The van der Waals surface area contributed by atoms with Crippen molar-refractivity contribution in [3.8, 4) is 0 Å². The lowest BCUT2D eigenvalue weighted by atomic mass is 10.2. The van der Waals surface area contributed by atoms with Crippen molar-refractivity contribution < 1.29 is 21.6 Å². The van der Waals surface area contributed by atoms with Crippen LogP contribution in [0, 0.1) is 12.8 Å². The zero-order valence-electron chi connectivity index (χ0n) is 16.4. The fraction of sp³-hybridized carbons (Fsp3) is 0.588. The van der Waals surface area contributed by atoms with Crippen LogP contribution in [0.5, 0.6) is 0 Å². The maximum Gasteiger partial charge on any atom is 0.259 e. The van der Waals surface area contributed by atoms with E-state index in [0.717, 1.165) is 20.5 Å². The molecule has 1 aromatic carbocycles. The fourth-order valence-electron chi connectivity index (χ4n) is 2.96. The molecule has 1 saturated heterocycles. The van der Waals surface area contributed by atoms with E-state index in [-0.39, 0.29) is 35.6 Å². The monoisotopic (exact) mass is 449 g/mol. The highest BCUT2D eigenvalue weighted by atomic mass is 32.2. The molecule has 1 fully saturated rings. The highest BCUT2D eigenvalue weighted by molar-refractivity contribution is 7.89. The first-order valence-corrected chi connectivity index (χ1v) is 12.7. The van der Waals surface area contributed by atoms with Crippen molar-refractivity contribution in [2.24, 2.45) is 5.92 Å². The fourth-order valence-corrected chi connectivity index (χ4v) is 5.98. The summed E-state index contributed by atoms with van der Waals surface area (Å²) in [5.74, 6) is -0.744. The van der Waals surface area contributed by atoms with Crippen molar-refractivity contribution in [2.45, 2.75) is 43.4 Å². The van der Waals surface area contributed by atoms with Gasteiger partial charge in [0, 0.05) is 18.3 Å². The molecule has 1 amide bonds. The molecule has 0 bridgehead atoms. The predicted molar refractivity (Wildman–Crippen MR) is 111 cm³/mol. The number of carbonyl (C=O) groups is 1. The van der Waals surface area contributed by atoms with Crippen LogP contribution in [-0.4, -0.2) is 62.1 Å². The van der Waals surface area contributed by atoms with Crippen LogP contribution < -0.4 is 5.43 Å². The van der Waals surface area contributed by atoms with E-state index in [9.17, 15) is 21.6 Å². The van der Waals surface area contributed by atoms with Crippen LogP contribution in [-0.2, 0) is 24.8 Å². The first kappa shape index (κ1) is 23.1. The zero-order valence-corrected chi connectivity index (χ0v) is 18.9. The Morgan fingerprint density at radius 1 is 1.25 bits per heavy atom. The highest BCUT2D eigenvalue weighted by Gasteiger charge is 2.42. The van der Waals surface area contributed by atoms with Crippen LogP contribution in [0.1, 0.15) is 25.8 Å². The average Bonchev–Trinajstić information content (AvgIpc) is 2.96. The lowest BCUT2D eigenvalue weighted by molar-refractivity contribution is -0.127. The summed E-state index contributed by atoms with van der Waals surface area (Å²) in [5.41, 5.74) is 3.34. The van der Waals surface area contributed by atoms with Gasteiger partial charge in [0.2, 0.25) is 10.0 Å². The lowest BCUT2D eigenvalue weighted by Crippen LogP contribution is -2.54. The van der Waals surface area contributed by atoms with Crippen LogP contribution in [0.2, 0.25) is 0 Å². The molecular formula is C17H27N3O5S3. The van der Waals surface area contributed by atoms with Gasteiger partial charge >= 0.3 is 0 Å². The van der Waals surface area contributed by atoms with E-state index in [1.54, 1.807) is 12.1 Å². The summed E-state index contributed by atoms with van der Waals surface area (Å²) >= 11 is 4.29. The summed E-state index contributed by atoms with van der Waals surface area (Å²) in [5, 5.41) is -0.294.